The molecule has 2 N–H and O–H groups in total. The summed E-state index contributed by atoms with van der Waals surface area (Å²) in [6.45, 7) is 2.00. The maximum atomic E-state index is 12.8. The van der Waals surface area contributed by atoms with Crippen molar-refractivity contribution >= 4 is 17.0 Å². The van der Waals surface area contributed by atoms with Crippen LogP contribution in [0.2, 0.25) is 0 Å². The quantitative estimate of drug-likeness (QED) is 0.581. The van der Waals surface area contributed by atoms with Gasteiger partial charge in [0, 0.05) is 5.56 Å². The molecule has 0 atom stereocenters. The van der Waals surface area contributed by atoms with Crippen LogP contribution in [0.1, 0.15) is 5.56 Å². The van der Waals surface area contributed by atoms with Crippen molar-refractivity contribution < 1.29 is 0 Å². The van der Waals surface area contributed by atoms with Gasteiger partial charge in [-0.3, -0.25) is 4.79 Å². The van der Waals surface area contributed by atoms with E-state index in [0.29, 0.717) is 16.7 Å². The number of nitrogens with zero attached hydrogens (tertiary/aromatic N) is 4. The predicted octanol–water partition coefficient (Wildman–Crippen LogP) is 1.90. The van der Waals surface area contributed by atoms with Crippen molar-refractivity contribution in [1.29, 1.82) is 0 Å². The van der Waals surface area contributed by atoms with E-state index in [1.165, 1.54) is 9.15 Å². The van der Waals surface area contributed by atoms with Crippen LogP contribution in [0.5, 0.6) is 0 Å². The van der Waals surface area contributed by atoms with E-state index >= 15 is 0 Å². The lowest BCUT2D eigenvalue weighted by atomic mass is 10.1. The Morgan fingerprint density at radius 3 is 2.55 bits per heavy atom. The summed E-state index contributed by atoms with van der Waals surface area (Å²) in [5.41, 5.74) is 9.29. The van der Waals surface area contributed by atoms with E-state index in [-0.39, 0.29) is 11.5 Å². The summed E-state index contributed by atoms with van der Waals surface area (Å²) in [4.78, 5) is 17.1. The fraction of sp³-hybridized carbons (Fsp3) is 0.0625. The molecule has 0 spiro atoms. The Morgan fingerprint density at radius 1 is 1.05 bits per heavy atom. The van der Waals surface area contributed by atoms with Crippen molar-refractivity contribution in [1.82, 2.24) is 19.2 Å². The Bertz CT molecular complexity index is 1060. The predicted molar refractivity (Wildman–Crippen MR) is 84.8 cm³/mol. The Morgan fingerprint density at radius 2 is 1.77 bits per heavy atom. The number of hydrogen-bond donors (Lipinski definition) is 1. The lowest BCUT2D eigenvalue weighted by Gasteiger charge is -2.03. The molecular weight excluding hydrogens is 278 g/mol. The van der Waals surface area contributed by atoms with Crippen LogP contribution in [0, 0.1) is 6.92 Å². The largest absolute Gasteiger partial charge is 0.367 e. The molecule has 0 radical (unpaired) electrons. The van der Waals surface area contributed by atoms with Gasteiger partial charge >= 0.3 is 0 Å². The smallest absolute Gasteiger partial charge is 0.300 e. The average molecular weight is 291 g/mol. The number of rotatable bonds is 1. The molecule has 0 aliphatic rings. The molecule has 2 aromatic carbocycles. The lowest BCUT2D eigenvalue weighted by molar-refractivity contribution is 0.729. The first-order valence-electron chi connectivity index (χ1n) is 6.88. The first-order valence-corrected chi connectivity index (χ1v) is 6.88. The maximum absolute atomic E-state index is 12.8. The highest BCUT2D eigenvalue weighted by molar-refractivity contribution is 5.75. The van der Waals surface area contributed by atoms with Crippen LogP contribution >= 0.6 is 0 Å². The fourth-order valence-corrected chi connectivity index (χ4v) is 2.53. The van der Waals surface area contributed by atoms with E-state index in [1.54, 1.807) is 0 Å². The molecule has 0 aliphatic carbocycles. The van der Waals surface area contributed by atoms with E-state index in [4.69, 9.17) is 5.73 Å². The third-order valence-electron chi connectivity index (χ3n) is 3.65. The standard InChI is InChI=1S/C16H13N5O/c1-10-6-8-11(9-7-10)14-15(22)20-13-5-3-2-4-12(13)18-16(17)21(20)19-14/h2-9H,1H3,(H2,17,18). The number of hydrogen-bond acceptors (Lipinski definition) is 4. The second-order valence-corrected chi connectivity index (χ2v) is 5.18. The van der Waals surface area contributed by atoms with Crippen molar-refractivity contribution in [3.05, 3.63) is 64.4 Å². The number of para-hydroxylation sites is 2. The van der Waals surface area contributed by atoms with Crippen LogP contribution in [0.4, 0.5) is 5.95 Å². The van der Waals surface area contributed by atoms with Gasteiger partial charge in [-0.25, -0.2) is 4.98 Å². The highest BCUT2D eigenvalue weighted by Gasteiger charge is 2.15. The Labute approximate surface area is 125 Å². The van der Waals surface area contributed by atoms with E-state index < -0.39 is 0 Å². The van der Waals surface area contributed by atoms with Crippen molar-refractivity contribution in [2.24, 2.45) is 0 Å². The summed E-state index contributed by atoms with van der Waals surface area (Å²) in [6.07, 6.45) is 0. The van der Waals surface area contributed by atoms with Crippen LogP contribution in [-0.4, -0.2) is 19.2 Å². The van der Waals surface area contributed by atoms with Crippen LogP contribution in [-0.2, 0) is 0 Å². The minimum atomic E-state index is -0.214. The van der Waals surface area contributed by atoms with Gasteiger partial charge < -0.3 is 5.73 Å². The summed E-state index contributed by atoms with van der Waals surface area (Å²) >= 11 is 0. The zero-order valence-corrected chi connectivity index (χ0v) is 11.9. The Kier molecular flexibility index (Phi) is 2.53. The molecule has 4 aromatic rings. The van der Waals surface area contributed by atoms with Gasteiger partial charge in [0.05, 0.1) is 11.0 Å². The SMILES string of the molecule is Cc1ccc(-c2nn3c(N)nc4ccccc4n3c2=O)cc1. The lowest BCUT2D eigenvalue weighted by Crippen LogP contribution is -2.17. The fourth-order valence-electron chi connectivity index (χ4n) is 2.53. The van der Waals surface area contributed by atoms with Crippen molar-refractivity contribution in [3.63, 3.8) is 0 Å². The van der Waals surface area contributed by atoms with Gasteiger partial charge in [0.25, 0.3) is 5.56 Å². The third kappa shape index (κ3) is 1.70. The molecule has 2 heterocycles. The van der Waals surface area contributed by atoms with Gasteiger partial charge in [-0.15, -0.1) is 9.73 Å². The summed E-state index contributed by atoms with van der Waals surface area (Å²) in [7, 11) is 0. The van der Waals surface area contributed by atoms with Gasteiger partial charge in [-0.1, -0.05) is 42.0 Å². The second kappa shape index (κ2) is 4.42. The van der Waals surface area contributed by atoms with Gasteiger partial charge in [0.1, 0.15) is 0 Å². The first kappa shape index (κ1) is 12.6. The Balaban J connectivity index is 2.13. The highest BCUT2D eigenvalue weighted by Crippen LogP contribution is 2.17. The second-order valence-electron chi connectivity index (χ2n) is 5.18. The molecule has 6 nitrogen and oxygen atoms in total. The molecule has 4 rings (SSSR count). The van der Waals surface area contributed by atoms with Gasteiger partial charge in [-0.2, -0.15) is 4.52 Å². The number of aromatic nitrogens is 4. The van der Waals surface area contributed by atoms with E-state index in [1.807, 2.05) is 55.5 Å². The van der Waals surface area contributed by atoms with Crippen molar-refractivity contribution in [2.45, 2.75) is 6.92 Å². The van der Waals surface area contributed by atoms with E-state index in [0.717, 1.165) is 11.1 Å². The average Bonchev–Trinajstić information content (AvgIpc) is 2.87. The molecule has 0 amide bonds. The maximum Gasteiger partial charge on any atom is 0.300 e. The highest BCUT2D eigenvalue weighted by atomic mass is 16.1. The molecule has 0 saturated heterocycles. The van der Waals surface area contributed by atoms with Crippen LogP contribution in [0.15, 0.2) is 53.3 Å². The van der Waals surface area contributed by atoms with E-state index in [9.17, 15) is 4.79 Å². The number of nitrogen functional groups attached to an aromatic ring is 1. The zero-order valence-electron chi connectivity index (χ0n) is 11.9. The van der Waals surface area contributed by atoms with Gasteiger partial charge in [0.15, 0.2) is 5.69 Å². The first-order chi connectivity index (χ1) is 10.6. The summed E-state index contributed by atoms with van der Waals surface area (Å²) < 4.78 is 2.80. The molecule has 0 bridgehead atoms. The van der Waals surface area contributed by atoms with Crippen LogP contribution < -0.4 is 11.3 Å². The number of nitrogens with two attached hydrogens (primary N) is 1. The Hall–Kier alpha value is -3.15. The summed E-state index contributed by atoms with van der Waals surface area (Å²) in [5, 5.41) is 4.34. The topological polar surface area (TPSA) is 77.7 Å². The van der Waals surface area contributed by atoms with E-state index in [2.05, 4.69) is 10.1 Å². The summed E-state index contributed by atoms with van der Waals surface area (Å²) in [6, 6.07) is 15.0. The van der Waals surface area contributed by atoms with Gasteiger partial charge in [-0.05, 0) is 19.1 Å². The normalized spacial score (nSPS) is 11.3. The van der Waals surface area contributed by atoms with Crippen molar-refractivity contribution in [2.75, 3.05) is 5.73 Å². The number of anilines is 1. The number of aryl methyl sites for hydroxylation is 1. The minimum absolute atomic E-state index is 0.175. The van der Waals surface area contributed by atoms with Crippen molar-refractivity contribution in [3.8, 4) is 11.3 Å². The summed E-state index contributed by atoms with van der Waals surface area (Å²) in [5.74, 6) is 0.175. The minimum Gasteiger partial charge on any atom is -0.367 e. The number of fused-ring (bicyclic) bond motifs is 3. The zero-order chi connectivity index (χ0) is 15.3. The molecule has 22 heavy (non-hydrogen) atoms. The molecule has 0 fully saturated rings. The molecular formula is C16H13N5O. The van der Waals surface area contributed by atoms with Crippen LogP contribution in [0.3, 0.4) is 0 Å². The number of benzene rings is 2. The molecule has 2 aromatic heterocycles. The molecule has 0 aliphatic heterocycles. The molecule has 0 unspecified atom stereocenters. The van der Waals surface area contributed by atoms with Gasteiger partial charge in [0.2, 0.25) is 5.95 Å². The molecule has 0 saturated carbocycles. The molecule has 108 valence electrons. The van der Waals surface area contributed by atoms with Crippen LogP contribution in [0.25, 0.3) is 22.3 Å². The molecule has 6 heteroatoms. The third-order valence-corrected chi connectivity index (χ3v) is 3.65. The monoisotopic (exact) mass is 291 g/mol.